The van der Waals surface area contributed by atoms with Gasteiger partial charge in [0.15, 0.2) is 0 Å². The molecular formula is C7H15F3N2S. The highest BCUT2D eigenvalue weighted by atomic mass is 32.2. The van der Waals surface area contributed by atoms with Gasteiger partial charge in [-0.15, -0.1) is 0 Å². The van der Waals surface area contributed by atoms with Crippen LogP contribution in [0.4, 0.5) is 13.2 Å². The average Bonchev–Trinajstić information content (AvgIpc) is 2.03. The number of thioether (sulfide) groups is 1. The molecule has 6 heteroatoms. The first-order valence-corrected chi connectivity index (χ1v) is 5.38. The molecule has 0 aliphatic carbocycles. The summed E-state index contributed by atoms with van der Waals surface area (Å²) in [6.45, 7) is -0.708. The van der Waals surface area contributed by atoms with E-state index in [9.17, 15) is 13.2 Å². The highest BCUT2D eigenvalue weighted by Gasteiger charge is 2.27. The van der Waals surface area contributed by atoms with Gasteiger partial charge in [-0.05, 0) is 18.4 Å². The second kappa shape index (κ2) is 6.50. The second-order valence-corrected chi connectivity index (χ2v) is 3.70. The van der Waals surface area contributed by atoms with E-state index < -0.39 is 12.7 Å². The lowest BCUT2D eigenvalue weighted by Crippen LogP contribution is -2.41. The third kappa shape index (κ3) is 8.39. The summed E-state index contributed by atoms with van der Waals surface area (Å²) in [6.07, 6.45) is -1.56. The number of nitrogens with one attached hydrogen (secondary N) is 1. The molecule has 0 spiro atoms. The molecule has 0 rings (SSSR count). The summed E-state index contributed by atoms with van der Waals surface area (Å²) < 4.78 is 35.3. The highest BCUT2D eigenvalue weighted by molar-refractivity contribution is 7.98. The molecule has 3 N–H and O–H groups in total. The SMILES string of the molecule is CSCCC(CN)NCC(F)(F)F. The summed E-state index contributed by atoms with van der Waals surface area (Å²) >= 11 is 1.60. The van der Waals surface area contributed by atoms with E-state index in [0.29, 0.717) is 6.42 Å². The summed E-state index contributed by atoms with van der Waals surface area (Å²) in [4.78, 5) is 0. The first kappa shape index (κ1) is 13.1. The summed E-state index contributed by atoms with van der Waals surface area (Å²) in [5.41, 5.74) is 5.30. The molecule has 2 nitrogen and oxygen atoms in total. The van der Waals surface area contributed by atoms with Gasteiger partial charge in [-0.25, -0.2) is 0 Å². The molecule has 0 aromatic carbocycles. The lowest BCUT2D eigenvalue weighted by molar-refractivity contribution is -0.126. The van der Waals surface area contributed by atoms with Crippen molar-refractivity contribution >= 4 is 11.8 Å². The molecule has 0 fully saturated rings. The number of hydrogen-bond donors (Lipinski definition) is 2. The second-order valence-electron chi connectivity index (χ2n) is 2.71. The van der Waals surface area contributed by atoms with E-state index in [-0.39, 0.29) is 12.6 Å². The molecule has 0 bridgehead atoms. The third-order valence-corrected chi connectivity index (χ3v) is 2.19. The smallest absolute Gasteiger partial charge is 0.329 e. The van der Waals surface area contributed by atoms with Gasteiger partial charge in [0.2, 0.25) is 0 Å². The van der Waals surface area contributed by atoms with Crippen LogP contribution < -0.4 is 11.1 Å². The van der Waals surface area contributed by atoms with E-state index in [2.05, 4.69) is 5.32 Å². The van der Waals surface area contributed by atoms with Gasteiger partial charge in [-0.1, -0.05) is 0 Å². The van der Waals surface area contributed by atoms with Crippen molar-refractivity contribution in [2.24, 2.45) is 5.73 Å². The van der Waals surface area contributed by atoms with Gasteiger partial charge in [-0.3, -0.25) is 0 Å². The van der Waals surface area contributed by atoms with E-state index in [0.717, 1.165) is 5.75 Å². The molecule has 0 radical (unpaired) electrons. The van der Waals surface area contributed by atoms with Crippen molar-refractivity contribution in [1.82, 2.24) is 5.32 Å². The normalized spacial score (nSPS) is 14.5. The zero-order chi connectivity index (χ0) is 10.3. The Morgan fingerprint density at radius 1 is 1.46 bits per heavy atom. The lowest BCUT2D eigenvalue weighted by atomic mass is 10.2. The Morgan fingerprint density at radius 3 is 2.46 bits per heavy atom. The van der Waals surface area contributed by atoms with Gasteiger partial charge in [0.05, 0.1) is 6.54 Å². The maximum absolute atomic E-state index is 11.8. The fraction of sp³-hybridized carbons (Fsp3) is 1.00. The van der Waals surface area contributed by atoms with Crippen molar-refractivity contribution < 1.29 is 13.2 Å². The van der Waals surface area contributed by atoms with Crippen LogP contribution in [0, 0.1) is 0 Å². The summed E-state index contributed by atoms with van der Waals surface area (Å²) in [6, 6.07) is -0.228. The van der Waals surface area contributed by atoms with Crippen molar-refractivity contribution in [2.75, 3.05) is 25.1 Å². The molecule has 1 unspecified atom stereocenters. The number of nitrogens with two attached hydrogens (primary N) is 1. The largest absolute Gasteiger partial charge is 0.401 e. The van der Waals surface area contributed by atoms with Gasteiger partial charge in [0.1, 0.15) is 0 Å². The molecule has 13 heavy (non-hydrogen) atoms. The number of rotatable bonds is 6. The maximum Gasteiger partial charge on any atom is 0.401 e. The van der Waals surface area contributed by atoms with Crippen LogP contribution in [-0.4, -0.2) is 37.3 Å². The Balaban J connectivity index is 3.59. The summed E-state index contributed by atoms with van der Waals surface area (Å²) in [5, 5.41) is 2.38. The van der Waals surface area contributed by atoms with E-state index in [4.69, 9.17) is 5.73 Å². The first-order chi connectivity index (χ1) is 5.99. The molecule has 1 atom stereocenters. The number of halogens is 3. The average molecular weight is 216 g/mol. The monoisotopic (exact) mass is 216 g/mol. The Labute approximate surface area is 80.4 Å². The zero-order valence-electron chi connectivity index (χ0n) is 7.53. The highest BCUT2D eigenvalue weighted by Crippen LogP contribution is 2.13. The lowest BCUT2D eigenvalue weighted by Gasteiger charge is -2.17. The Kier molecular flexibility index (Phi) is 6.53. The topological polar surface area (TPSA) is 38.0 Å². The van der Waals surface area contributed by atoms with Crippen molar-refractivity contribution in [3.05, 3.63) is 0 Å². The first-order valence-electron chi connectivity index (χ1n) is 3.98. The van der Waals surface area contributed by atoms with Gasteiger partial charge >= 0.3 is 6.18 Å². The molecule has 0 heterocycles. The maximum atomic E-state index is 11.8. The fourth-order valence-corrected chi connectivity index (χ4v) is 1.34. The summed E-state index contributed by atoms with van der Waals surface area (Å²) in [5.74, 6) is 0.826. The van der Waals surface area contributed by atoms with Gasteiger partial charge < -0.3 is 11.1 Å². The van der Waals surface area contributed by atoms with Crippen LogP contribution in [0.25, 0.3) is 0 Å². The molecule has 0 saturated heterocycles. The molecule has 0 aliphatic rings. The summed E-state index contributed by atoms with van der Waals surface area (Å²) in [7, 11) is 0. The standard InChI is InChI=1S/C7H15F3N2S/c1-13-3-2-6(4-11)12-5-7(8,9)10/h6,12H,2-5,11H2,1H3. The molecule has 0 aliphatic heterocycles. The molecule has 0 saturated carbocycles. The van der Waals surface area contributed by atoms with Gasteiger partial charge in [0, 0.05) is 12.6 Å². The molecular weight excluding hydrogens is 201 g/mol. The van der Waals surface area contributed by atoms with Crippen LogP contribution in [0.15, 0.2) is 0 Å². The van der Waals surface area contributed by atoms with Crippen molar-refractivity contribution in [1.29, 1.82) is 0 Å². The van der Waals surface area contributed by atoms with Gasteiger partial charge in [0.25, 0.3) is 0 Å². The Hall–Kier alpha value is 0.0600. The van der Waals surface area contributed by atoms with Gasteiger partial charge in [-0.2, -0.15) is 24.9 Å². The number of alkyl halides is 3. The van der Waals surface area contributed by atoms with E-state index in [1.54, 1.807) is 11.8 Å². The van der Waals surface area contributed by atoms with E-state index >= 15 is 0 Å². The van der Waals surface area contributed by atoms with Crippen LogP contribution >= 0.6 is 11.8 Å². The zero-order valence-corrected chi connectivity index (χ0v) is 8.34. The van der Waals surface area contributed by atoms with E-state index in [1.807, 2.05) is 6.26 Å². The fourth-order valence-electron chi connectivity index (χ4n) is 0.823. The van der Waals surface area contributed by atoms with Crippen molar-refractivity contribution in [3.8, 4) is 0 Å². The predicted molar refractivity (Wildman–Crippen MR) is 49.9 cm³/mol. The molecule has 0 aromatic rings. The molecule has 0 aromatic heterocycles. The minimum absolute atomic E-state index is 0.228. The van der Waals surface area contributed by atoms with Crippen LogP contribution in [-0.2, 0) is 0 Å². The molecule has 80 valence electrons. The number of hydrogen-bond acceptors (Lipinski definition) is 3. The Morgan fingerprint density at radius 2 is 2.08 bits per heavy atom. The Bertz CT molecular complexity index is 129. The van der Waals surface area contributed by atoms with Crippen LogP contribution in [0.1, 0.15) is 6.42 Å². The third-order valence-electron chi connectivity index (χ3n) is 1.55. The predicted octanol–water partition coefficient (Wildman–Crippen LogP) is 1.22. The van der Waals surface area contributed by atoms with E-state index in [1.165, 1.54) is 0 Å². The van der Waals surface area contributed by atoms with Crippen LogP contribution in [0.3, 0.4) is 0 Å². The quantitative estimate of drug-likeness (QED) is 0.701. The van der Waals surface area contributed by atoms with Crippen LogP contribution in [0.5, 0.6) is 0 Å². The minimum Gasteiger partial charge on any atom is -0.329 e. The van der Waals surface area contributed by atoms with Crippen molar-refractivity contribution in [3.63, 3.8) is 0 Å². The minimum atomic E-state index is -4.15. The molecule has 0 amide bonds. The van der Waals surface area contributed by atoms with Crippen molar-refractivity contribution in [2.45, 2.75) is 18.6 Å². The van der Waals surface area contributed by atoms with Crippen LogP contribution in [0.2, 0.25) is 0 Å².